The van der Waals surface area contributed by atoms with Gasteiger partial charge >= 0.3 is 0 Å². The Hall–Kier alpha value is -1.36. The Labute approximate surface area is 121 Å². The molecule has 1 saturated carbocycles. The van der Waals surface area contributed by atoms with Crippen molar-refractivity contribution in [1.82, 2.24) is 5.43 Å². The molecule has 0 heterocycles. The molecular formula is C14H17BrN2O2. The van der Waals surface area contributed by atoms with Gasteiger partial charge in [0.1, 0.15) is 5.75 Å². The predicted molar refractivity (Wildman–Crippen MR) is 78.3 cm³/mol. The summed E-state index contributed by atoms with van der Waals surface area (Å²) in [5.74, 6) is 0.449. The number of hydrogen-bond acceptors (Lipinski definition) is 3. The van der Waals surface area contributed by atoms with Gasteiger partial charge in [0.25, 0.3) is 5.91 Å². The summed E-state index contributed by atoms with van der Waals surface area (Å²) < 4.78 is 6.34. The van der Waals surface area contributed by atoms with E-state index in [9.17, 15) is 4.79 Å². The van der Waals surface area contributed by atoms with Gasteiger partial charge in [0.05, 0.1) is 0 Å². The minimum atomic E-state index is -0.221. The minimum absolute atomic E-state index is 0.0155. The minimum Gasteiger partial charge on any atom is -0.484 e. The fourth-order valence-corrected chi connectivity index (χ4v) is 2.19. The number of rotatable bonds is 4. The standard InChI is InChI=1S/C14H17BrN2O2/c15-11-6-8-13(9-7-11)19-10-14(18)17-16-12-4-2-1-3-5-12/h6-9H,1-5,10H2,(H,17,18). The summed E-state index contributed by atoms with van der Waals surface area (Å²) in [6, 6.07) is 7.36. The van der Waals surface area contributed by atoms with Crippen LogP contribution in [0.25, 0.3) is 0 Å². The summed E-state index contributed by atoms with van der Waals surface area (Å²) in [4.78, 5) is 11.6. The van der Waals surface area contributed by atoms with E-state index >= 15 is 0 Å². The first kappa shape index (κ1) is 14.1. The number of carbonyl (C=O) groups is 1. The normalized spacial score (nSPS) is 14.9. The molecule has 0 unspecified atom stereocenters. The second-order valence-corrected chi connectivity index (χ2v) is 5.43. The molecule has 1 aliphatic carbocycles. The van der Waals surface area contributed by atoms with Crippen LogP contribution < -0.4 is 10.2 Å². The van der Waals surface area contributed by atoms with E-state index in [2.05, 4.69) is 26.5 Å². The van der Waals surface area contributed by atoms with Crippen LogP contribution in [0.15, 0.2) is 33.8 Å². The van der Waals surface area contributed by atoms with Crippen LogP contribution in [0.1, 0.15) is 32.1 Å². The van der Waals surface area contributed by atoms with Gasteiger partial charge in [-0.05, 0) is 49.9 Å². The first-order chi connectivity index (χ1) is 9.24. The number of amides is 1. The van der Waals surface area contributed by atoms with Gasteiger partial charge < -0.3 is 4.74 Å². The molecule has 0 radical (unpaired) electrons. The summed E-state index contributed by atoms with van der Waals surface area (Å²) in [6.07, 6.45) is 5.59. The number of benzene rings is 1. The highest BCUT2D eigenvalue weighted by molar-refractivity contribution is 9.10. The van der Waals surface area contributed by atoms with Gasteiger partial charge in [-0.3, -0.25) is 4.79 Å². The molecule has 1 fully saturated rings. The zero-order chi connectivity index (χ0) is 13.5. The van der Waals surface area contributed by atoms with Crippen LogP contribution >= 0.6 is 15.9 Å². The lowest BCUT2D eigenvalue weighted by atomic mass is 9.99. The Morgan fingerprint density at radius 3 is 2.58 bits per heavy atom. The highest BCUT2D eigenvalue weighted by Gasteiger charge is 2.07. The molecule has 0 saturated heterocycles. The number of carbonyl (C=O) groups excluding carboxylic acids is 1. The smallest absolute Gasteiger partial charge is 0.277 e. The van der Waals surface area contributed by atoms with Crippen molar-refractivity contribution >= 4 is 27.5 Å². The zero-order valence-electron chi connectivity index (χ0n) is 10.7. The first-order valence-electron chi connectivity index (χ1n) is 6.47. The van der Waals surface area contributed by atoms with Crippen molar-refractivity contribution in [1.29, 1.82) is 0 Å². The van der Waals surface area contributed by atoms with Crippen molar-refractivity contribution in [3.63, 3.8) is 0 Å². The van der Waals surface area contributed by atoms with Gasteiger partial charge in [0.15, 0.2) is 6.61 Å². The second-order valence-electron chi connectivity index (χ2n) is 4.52. The lowest BCUT2D eigenvalue weighted by Gasteiger charge is -2.12. The molecule has 0 aliphatic heterocycles. The van der Waals surface area contributed by atoms with Gasteiger partial charge in [-0.1, -0.05) is 22.4 Å². The van der Waals surface area contributed by atoms with E-state index in [0.717, 1.165) is 23.0 Å². The lowest BCUT2D eigenvalue weighted by molar-refractivity contribution is -0.123. The molecular weight excluding hydrogens is 308 g/mol. The third-order valence-corrected chi connectivity index (χ3v) is 3.48. The average molecular weight is 325 g/mol. The molecule has 1 aromatic rings. The van der Waals surface area contributed by atoms with E-state index in [-0.39, 0.29) is 12.5 Å². The SMILES string of the molecule is O=C(COc1ccc(Br)cc1)NN=C1CCCCC1. The molecule has 4 nitrogen and oxygen atoms in total. The van der Waals surface area contributed by atoms with Gasteiger partial charge in [-0.2, -0.15) is 5.10 Å². The van der Waals surface area contributed by atoms with Gasteiger partial charge in [0, 0.05) is 10.2 Å². The van der Waals surface area contributed by atoms with Crippen LogP contribution in [0, 0.1) is 0 Å². The summed E-state index contributed by atoms with van der Waals surface area (Å²) >= 11 is 3.34. The molecule has 0 aromatic heterocycles. The third-order valence-electron chi connectivity index (χ3n) is 2.95. The van der Waals surface area contributed by atoms with Crippen molar-refractivity contribution in [2.24, 2.45) is 5.10 Å². The van der Waals surface area contributed by atoms with Crippen molar-refractivity contribution in [3.05, 3.63) is 28.7 Å². The molecule has 0 atom stereocenters. The Morgan fingerprint density at radius 2 is 1.89 bits per heavy atom. The maximum atomic E-state index is 11.6. The van der Waals surface area contributed by atoms with Crippen molar-refractivity contribution < 1.29 is 9.53 Å². The van der Waals surface area contributed by atoms with Gasteiger partial charge in [0.2, 0.25) is 0 Å². The molecule has 1 aliphatic rings. The zero-order valence-corrected chi connectivity index (χ0v) is 12.3. The largest absolute Gasteiger partial charge is 0.484 e. The lowest BCUT2D eigenvalue weighted by Crippen LogP contribution is -2.26. The summed E-state index contributed by atoms with van der Waals surface area (Å²) in [5, 5.41) is 4.14. The maximum Gasteiger partial charge on any atom is 0.277 e. The highest BCUT2D eigenvalue weighted by atomic mass is 79.9. The topological polar surface area (TPSA) is 50.7 Å². The third kappa shape index (κ3) is 5.03. The van der Waals surface area contributed by atoms with Crippen LogP contribution in [0.5, 0.6) is 5.75 Å². The molecule has 19 heavy (non-hydrogen) atoms. The van der Waals surface area contributed by atoms with Crippen molar-refractivity contribution in [2.75, 3.05) is 6.61 Å². The van der Waals surface area contributed by atoms with E-state index in [0.29, 0.717) is 5.75 Å². The van der Waals surface area contributed by atoms with E-state index in [1.807, 2.05) is 24.3 Å². The fraction of sp³-hybridized carbons (Fsp3) is 0.429. The Bertz CT molecular complexity index is 449. The van der Waals surface area contributed by atoms with Gasteiger partial charge in [-0.15, -0.1) is 0 Å². The molecule has 2 rings (SSSR count). The van der Waals surface area contributed by atoms with Crippen molar-refractivity contribution in [3.8, 4) is 5.75 Å². The highest BCUT2D eigenvalue weighted by Crippen LogP contribution is 2.16. The number of halogens is 1. The first-order valence-corrected chi connectivity index (χ1v) is 7.26. The van der Waals surface area contributed by atoms with Crippen molar-refractivity contribution in [2.45, 2.75) is 32.1 Å². The molecule has 1 amide bonds. The average Bonchev–Trinajstić information content (AvgIpc) is 2.45. The number of nitrogens with zero attached hydrogens (tertiary/aromatic N) is 1. The fourth-order valence-electron chi connectivity index (χ4n) is 1.93. The summed E-state index contributed by atoms with van der Waals surface area (Å²) in [5.41, 5.74) is 3.64. The second kappa shape index (κ2) is 7.28. The molecule has 5 heteroatoms. The maximum absolute atomic E-state index is 11.6. The van der Waals surface area contributed by atoms with E-state index < -0.39 is 0 Å². The van der Waals surface area contributed by atoms with Crippen LogP contribution in [0.2, 0.25) is 0 Å². The van der Waals surface area contributed by atoms with Crippen LogP contribution in [0.4, 0.5) is 0 Å². The van der Waals surface area contributed by atoms with Crippen LogP contribution in [-0.2, 0) is 4.79 Å². The quantitative estimate of drug-likeness (QED) is 0.864. The Kier molecular flexibility index (Phi) is 5.39. The van der Waals surface area contributed by atoms with E-state index in [1.165, 1.54) is 19.3 Å². The summed E-state index contributed by atoms with van der Waals surface area (Å²) in [7, 11) is 0. The molecule has 0 bridgehead atoms. The number of hydrogen-bond donors (Lipinski definition) is 1. The van der Waals surface area contributed by atoms with Crippen LogP contribution in [-0.4, -0.2) is 18.2 Å². The summed E-state index contributed by atoms with van der Waals surface area (Å²) in [6.45, 7) is -0.0155. The monoisotopic (exact) mass is 324 g/mol. The molecule has 0 spiro atoms. The molecule has 102 valence electrons. The number of ether oxygens (including phenoxy) is 1. The number of nitrogens with one attached hydrogen (secondary N) is 1. The number of hydrazone groups is 1. The van der Waals surface area contributed by atoms with Gasteiger partial charge in [-0.25, -0.2) is 5.43 Å². The van der Waals surface area contributed by atoms with E-state index in [1.54, 1.807) is 0 Å². The Balaban J connectivity index is 1.73. The Morgan fingerprint density at radius 1 is 1.21 bits per heavy atom. The predicted octanol–water partition coefficient (Wildman–Crippen LogP) is 3.26. The van der Waals surface area contributed by atoms with E-state index in [4.69, 9.17) is 4.74 Å². The molecule has 1 aromatic carbocycles. The molecule has 1 N–H and O–H groups in total. The van der Waals surface area contributed by atoms with Crippen LogP contribution in [0.3, 0.4) is 0 Å².